The van der Waals surface area contributed by atoms with E-state index < -0.39 is 24.7 Å². The van der Waals surface area contributed by atoms with Crippen LogP contribution in [0.4, 0.5) is 18.0 Å². The number of hydrogen-bond donors (Lipinski definition) is 2. The van der Waals surface area contributed by atoms with Crippen molar-refractivity contribution >= 4 is 34.6 Å². The fourth-order valence-electron chi connectivity index (χ4n) is 1.65. The Morgan fingerprint density at radius 3 is 2.61 bits per heavy atom. The van der Waals surface area contributed by atoms with Gasteiger partial charge in [0.1, 0.15) is 6.54 Å². The summed E-state index contributed by atoms with van der Waals surface area (Å²) in [6, 6.07) is 9.83. The zero-order chi connectivity index (χ0) is 16.9. The molecule has 0 aliphatic carbocycles. The Bertz CT molecular complexity index is 722. The predicted octanol–water partition coefficient (Wildman–Crippen LogP) is 2.71. The number of imide groups is 1. The summed E-state index contributed by atoms with van der Waals surface area (Å²) in [5.74, 6) is -0.838. The summed E-state index contributed by atoms with van der Waals surface area (Å²) in [6.45, 7) is -1.49. The summed E-state index contributed by atoms with van der Waals surface area (Å²) in [4.78, 5) is 27.0. The first-order chi connectivity index (χ1) is 10.8. The lowest BCUT2D eigenvalue weighted by molar-refractivity contribution is -0.124. The predicted molar refractivity (Wildman–Crippen MR) is 80.1 cm³/mol. The SMILES string of the molecule is O=C(CSc1ccc2ccccc2n1)NC(=O)NCC(F)(F)F. The molecule has 2 aromatic rings. The number of nitrogens with one attached hydrogen (secondary N) is 2. The van der Waals surface area contributed by atoms with Crippen molar-refractivity contribution in [3.63, 3.8) is 0 Å². The van der Waals surface area contributed by atoms with E-state index in [1.807, 2.05) is 35.6 Å². The van der Waals surface area contributed by atoms with Gasteiger partial charge in [-0.15, -0.1) is 0 Å². The van der Waals surface area contributed by atoms with Gasteiger partial charge in [0.05, 0.1) is 16.3 Å². The summed E-state index contributed by atoms with van der Waals surface area (Å²) in [5, 5.41) is 4.91. The van der Waals surface area contributed by atoms with Gasteiger partial charge in [-0.1, -0.05) is 36.0 Å². The first kappa shape index (κ1) is 17.1. The van der Waals surface area contributed by atoms with E-state index in [0.717, 1.165) is 22.7 Å². The Morgan fingerprint density at radius 1 is 1.13 bits per heavy atom. The second-order valence-electron chi connectivity index (χ2n) is 4.48. The van der Waals surface area contributed by atoms with Gasteiger partial charge in [0.15, 0.2) is 0 Å². The average Bonchev–Trinajstić information content (AvgIpc) is 2.50. The topological polar surface area (TPSA) is 71.1 Å². The number of alkyl halides is 3. The first-order valence-electron chi connectivity index (χ1n) is 6.46. The quantitative estimate of drug-likeness (QED) is 0.838. The zero-order valence-electron chi connectivity index (χ0n) is 11.7. The summed E-state index contributed by atoms with van der Waals surface area (Å²) < 4.78 is 35.7. The number of carbonyl (C=O) groups excluding carboxylic acids is 2. The molecule has 1 aromatic carbocycles. The molecule has 3 amide bonds. The Balaban J connectivity index is 1.82. The standard InChI is InChI=1S/C14H12F3N3O2S/c15-14(16,17)8-18-13(22)20-11(21)7-23-12-6-5-9-3-1-2-4-10(9)19-12/h1-6H,7-8H2,(H2,18,20,21,22). The Hall–Kier alpha value is -2.29. The third-order valence-electron chi connectivity index (χ3n) is 2.63. The molecule has 0 aliphatic heterocycles. The number of aromatic nitrogens is 1. The molecule has 1 aromatic heterocycles. The molecule has 1 heterocycles. The van der Waals surface area contributed by atoms with Crippen molar-refractivity contribution in [2.75, 3.05) is 12.3 Å². The highest BCUT2D eigenvalue weighted by atomic mass is 32.2. The molecule has 0 bridgehead atoms. The fourth-order valence-corrected chi connectivity index (χ4v) is 2.33. The molecular weight excluding hydrogens is 331 g/mol. The lowest BCUT2D eigenvalue weighted by Gasteiger charge is -2.09. The largest absolute Gasteiger partial charge is 0.405 e. The molecule has 2 rings (SSSR count). The average molecular weight is 343 g/mol. The maximum Gasteiger partial charge on any atom is 0.405 e. The number of thioether (sulfide) groups is 1. The minimum Gasteiger partial charge on any atom is -0.329 e. The number of para-hydroxylation sites is 1. The van der Waals surface area contributed by atoms with Crippen LogP contribution in [0.5, 0.6) is 0 Å². The molecule has 9 heteroatoms. The summed E-state index contributed by atoms with van der Waals surface area (Å²) in [5.41, 5.74) is 0.765. The Labute approximate surface area is 133 Å². The van der Waals surface area contributed by atoms with Gasteiger partial charge in [-0.05, 0) is 12.1 Å². The van der Waals surface area contributed by atoms with Crippen LogP contribution < -0.4 is 10.6 Å². The number of carbonyl (C=O) groups is 2. The maximum atomic E-state index is 11.9. The van der Waals surface area contributed by atoms with E-state index >= 15 is 0 Å². The third kappa shape index (κ3) is 5.78. The second-order valence-corrected chi connectivity index (χ2v) is 5.47. The molecular formula is C14H12F3N3O2S. The highest BCUT2D eigenvalue weighted by molar-refractivity contribution is 7.99. The minimum atomic E-state index is -4.52. The van der Waals surface area contributed by atoms with E-state index in [9.17, 15) is 22.8 Å². The van der Waals surface area contributed by atoms with Crippen molar-refractivity contribution < 1.29 is 22.8 Å². The van der Waals surface area contributed by atoms with E-state index in [4.69, 9.17) is 0 Å². The Kier molecular flexibility index (Phi) is 5.43. The normalized spacial score (nSPS) is 11.3. The molecule has 0 spiro atoms. The van der Waals surface area contributed by atoms with Gasteiger partial charge in [-0.25, -0.2) is 9.78 Å². The number of urea groups is 1. The van der Waals surface area contributed by atoms with Gasteiger partial charge in [0, 0.05) is 5.39 Å². The summed E-state index contributed by atoms with van der Waals surface area (Å²) >= 11 is 1.08. The fraction of sp³-hybridized carbons (Fsp3) is 0.214. The highest BCUT2D eigenvalue weighted by Crippen LogP contribution is 2.19. The van der Waals surface area contributed by atoms with Crippen molar-refractivity contribution in [3.05, 3.63) is 36.4 Å². The molecule has 0 radical (unpaired) electrons. The van der Waals surface area contributed by atoms with Crippen molar-refractivity contribution in [3.8, 4) is 0 Å². The molecule has 0 aliphatic rings. The van der Waals surface area contributed by atoms with Gasteiger partial charge in [0.2, 0.25) is 5.91 Å². The monoisotopic (exact) mass is 343 g/mol. The third-order valence-corrected chi connectivity index (χ3v) is 3.56. The van der Waals surface area contributed by atoms with Crippen LogP contribution in [0, 0.1) is 0 Å². The van der Waals surface area contributed by atoms with Crippen LogP contribution in [0.1, 0.15) is 0 Å². The van der Waals surface area contributed by atoms with E-state index in [1.54, 1.807) is 11.4 Å². The van der Waals surface area contributed by atoms with Gasteiger partial charge >= 0.3 is 12.2 Å². The van der Waals surface area contributed by atoms with Crippen LogP contribution in [-0.4, -0.2) is 35.4 Å². The van der Waals surface area contributed by atoms with Crippen LogP contribution >= 0.6 is 11.8 Å². The van der Waals surface area contributed by atoms with Gasteiger partial charge < -0.3 is 5.32 Å². The second kappa shape index (κ2) is 7.32. The van der Waals surface area contributed by atoms with Crippen molar-refractivity contribution in [2.45, 2.75) is 11.2 Å². The van der Waals surface area contributed by atoms with E-state index in [-0.39, 0.29) is 5.75 Å². The number of rotatable bonds is 4. The van der Waals surface area contributed by atoms with Crippen LogP contribution in [-0.2, 0) is 4.79 Å². The van der Waals surface area contributed by atoms with Gasteiger partial charge in [-0.2, -0.15) is 13.2 Å². The highest BCUT2D eigenvalue weighted by Gasteiger charge is 2.27. The van der Waals surface area contributed by atoms with Gasteiger partial charge in [-0.3, -0.25) is 10.1 Å². The number of nitrogens with zero attached hydrogens (tertiary/aromatic N) is 1. The number of hydrogen-bond acceptors (Lipinski definition) is 4. The van der Waals surface area contributed by atoms with Crippen molar-refractivity contribution in [1.29, 1.82) is 0 Å². The van der Waals surface area contributed by atoms with Crippen LogP contribution in [0.25, 0.3) is 10.9 Å². The summed E-state index contributed by atoms with van der Waals surface area (Å²) in [7, 11) is 0. The van der Waals surface area contributed by atoms with Crippen LogP contribution in [0.15, 0.2) is 41.4 Å². The van der Waals surface area contributed by atoms with E-state index in [0.29, 0.717) is 5.03 Å². The molecule has 5 nitrogen and oxygen atoms in total. The molecule has 0 saturated carbocycles. The molecule has 122 valence electrons. The van der Waals surface area contributed by atoms with E-state index in [2.05, 4.69) is 4.98 Å². The van der Waals surface area contributed by atoms with Crippen molar-refractivity contribution in [2.24, 2.45) is 0 Å². The smallest absolute Gasteiger partial charge is 0.329 e. The molecule has 0 unspecified atom stereocenters. The molecule has 0 saturated heterocycles. The van der Waals surface area contributed by atoms with E-state index in [1.165, 1.54) is 0 Å². The Morgan fingerprint density at radius 2 is 1.87 bits per heavy atom. The number of halogens is 3. The minimum absolute atomic E-state index is 0.134. The lowest BCUT2D eigenvalue weighted by Crippen LogP contribution is -2.43. The summed E-state index contributed by atoms with van der Waals surface area (Å²) in [6.07, 6.45) is -4.52. The number of amides is 3. The number of pyridine rings is 1. The first-order valence-corrected chi connectivity index (χ1v) is 7.45. The van der Waals surface area contributed by atoms with Crippen LogP contribution in [0.3, 0.4) is 0 Å². The molecule has 2 N–H and O–H groups in total. The molecule has 0 fully saturated rings. The van der Waals surface area contributed by atoms with Crippen LogP contribution in [0.2, 0.25) is 0 Å². The van der Waals surface area contributed by atoms with Crippen molar-refractivity contribution in [1.82, 2.24) is 15.6 Å². The zero-order valence-corrected chi connectivity index (χ0v) is 12.5. The van der Waals surface area contributed by atoms with Gasteiger partial charge in [0.25, 0.3) is 0 Å². The molecule has 0 atom stereocenters. The lowest BCUT2D eigenvalue weighted by atomic mass is 10.2. The maximum absolute atomic E-state index is 11.9. The molecule has 23 heavy (non-hydrogen) atoms. The number of fused-ring (bicyclic) bond motifs is 1. The number of benzene rings is 1.